The zero-order valence-corrected chi connectivity index (χ0v) is 28.1. The summed E-state index contributed by atoms with van der Waals surface area (Å²) in [6.07, 6.45) is -2.98. The Morgan fingerprint density at radius 1 is 1.07 bits per heavy atom. The summed E-state index contributed by atoms with van der Waals surface area (Å²) in [5, 5.41) is 3.20. The van der Waals surface area contributed by atoms with Crippen molar-refractivity contribution in [1.82, 2.24) is 19.8 Å². The first-order valence-corrected chi connectivity index (χ1v) is 16.5. The summed E-state index contributed by atoms with van der Waals surface area (Å²) in [5.74, 6) is 0.931. The summed E-state index contributed by atoms with van der Waals surface area (Å²) in [5.41, 5.74) is 1.95. The summed E-state index contributed by atoms with van der Waals surface area (Å²) in [4.78, 5) is 18.0. The zero-order valence-electron chi connectivity index (χ0n) is 25.7. The number of halogens is 3. The Bertz CT molecular complexity index is 1410. The number of thiocarbonyl (C=S) groups is 1. The highest BCUT2D eigenvalue weighted by molar-refractivity contribution is 7.99. The number of ether oxygens (including phenoxy) is 2. The van der Waals surface area contributed by atoms with Gasteiger partial charge in [-0.15, -0.1) is 23.1 Å². The number of thiophene rings is 1. The molecular formula is C30H39F3N6O2S3. The van der Waals surface area contributed by atoms with E-state index in [2.05, 4.69) is 42.8 Å². The number of hydrogen-bond donors (Lipinski definition) is 1. The molecule has 0 radical (unpaired) electrons. The minimum atomic E-state index is -4.59. The Morgan fingerprint density at radius 2 is 1.80 bits per heavy atom. The molecule has 1 N–H and O–H groups in total. The van der Waals surface area contributed by atoms with Gasteiger partial charge in [-0.3, -0.25) is 4.90 Å². The van der Waals surface area contributed by atoms with Gasteiger partial charge in [-0.05, 0) is 36.2 Å². The first-order valence-electron chi connectivity index (χ1n) is 14.3. The highest BCUT2D eigenvalue weighted by atomic mass is 32.2. The van der Waals surface area contributed by atoms with Gasteiger partial charge >= 0.3 is 6.18 Å². The lowest BCUT2D eigenvalue weighted by Gasteiger charge is -2.36. The quantitative estimate of drug-likeness (QED) is 0.278. The topological polar surface area (TPSA) is 66.0 Å². The highest BCUT2D eigenvalue weighted by Crippen LogP contribution is 2.43. The first kappa shape index (κ1) is 34.4. The first-order chi connectivity index (χ1) is 21.1. The van der Waals surface area contributed by atoms with Crippen molar-refractivity contribution in [2.24, 2.45) is 0 Å². The summed E-state index contributed by atoms with van der Waals surface area (Å²) < 4.78 is 51.6. The van der Waals surface area contributed by atoms with Crippen LogP contribution in [-0.4, -0.2) is 105 Å². The standard InChI is InChI=1S/C28H33F3N6OS3.C2H6O/c1-4-18-15-19(37-9-7-36(8-10-37)11-13-38-3)5-6-21(18)33-27-32-17-20(28(29,30)31)24(34-27)22-16-23-25(41-22)26(39)35(2)12-14-40-23;1-3-2/h5-6,15-17H,4,7-14H2,1-3H3,(H,32,33,34);1-2H3. The van der Waals surface area contributed by atoms with Crippen molar-refractivity contribution >= 4 is 57.6 Å². The molecule has 240 valence electrons. The minimum Gasteiger partial charge on any atom is -0.388 e. The monoisotopic (exact) mass is 668 g/mol. The molecule has 2 aromatic heterocycles. The second-order valence-electron chi connectivity index (χ2n) is 10.4. The van der Waals surface area contributed by atoms with Crippen LogP contribution < -0.4 is 10.2 Å². The number of methoxy groups -OCH3 is 2. The van der Waals surface area contributed by atoms with E-state index < -0.39 is 11.7 Å². The summed E-state index contributed by atoms with van der Waals surface area (Å²) >= 11 is 8.46. The number of nitrogens with one attached hydrogen (secondary N) is 1. The predicted octanol–water partition coefficient (Wildman–Crippen LogP) is 6.27. The molecule has 0 bridgehead atoms. The second-order valence-corrected chi connectivity index (χ2v) is 13.0. The average molecular weight is 669 g/mol. The van der Waals surface area contributed by atoms with Crippen LogP contribution in [0.2, 0.25) is 0 Å². The Hall–Kier alpha value is -2.49. The molecule has 2 aliphatic heterocycles. The number of nitrogens with zero attached hydrogens (tertiary/aromatic N) is 5. The van der Waals surface area contributed by atoms with Gasteiger partial charge < -0.3 is 24.6 Å². The summed E-state index contributed by atoms with van der Waals surface area (Å²) in [6, 6.07) is 7.93. The van der Waals surface area contributed by atoms with E-state index in [0.29, 0.717) is 9.87 Å². The zero-order chi connectivity index (χ0) is 31.9. The highest BCUT2D eigenvalue weighted by Gasteiger charge is 2.36. The average Bonchev–Trinajstić information content (AvgIpc) is 3.38. The van der Waals surface area contributed by atoms with Gasteiger partial charge in [0.2, 0.25) is 5.95 Å². The van der Waals surface area contributed by atoms with Gasteiger partial charge in [-0.25, -0.2) is 9.97 Å². The molecule has 5 rings (SSSR count). The molecule has 0 atom stereocenters. The van der Waals surface area contributed by atoms with Gasteiger partial charge in [-0.2, -0.15) is 13.2 Å². The van der Waals surface area contributed by atoms with Gasteiger partial charge in [0.05, 0.1) is 22.1 Å². The molecule has 1 saturated heterocycles. The van der Waals surface area contributed by atoms with Gasteiger partial charge in [-0.1, -0.05) is 19.1 Å². The van der Waals surface area contributed by atoms with Crippen LogP contribution in [0.3, 0.4) is 0 Å². The predicted molar refractivity (Wildman–Crippen MR) is 178 cm³/mol. The molecule has 4 heterocycles. The van der Waals surface area contributed by atoms with Crippen LogP contribution in [0.4, 0.5) is 30.5 Å². The summed E-state index contributed by atoms with van der Waals surface area (Å²) in [6.45, 7) is 8.30. The van der Waals surface area contributed by atoms with Crippen LogP contribution >= 0.6 is 35.3 Å². The molecule has 44 heavy (non-hydrogen) atoms. The Kier molecular flexibility index (Phi) is 12.3. The van der Waals surface area contributed by atoms with E-state index >= 15 is 0 Å². The van der Waals surface area contributed by atoms with Crippen LogP contribution in [0, 0.1) is 0 Å². The van der Waals surface area contributed by atoms with Crippen molar-refractivity contribution in [2.75, 3.05) is 90.2 Å². The van der Waals surface area contributed by atoms with Crippen LogP contribution in [0.1, 0.15) is 22.9 Å². The van der Waals surface area contributed by atoms with Crippen LogP contribution in [0.15, 0.2) is 35.4 Å². The maximum Gasteiger partial charge on any atom is 0.420 e. The Morgan fingerprint density at radius 3 is 2.45 bits per heavy atom. The fraction of sp³-hybridized carbons (Fsp3) is 0.500. The van der Waals surface area contributed by atoms with E-state index in [1.54, 1.807) is 39.2 Å². The SMILES string of the molecule is CCc1cc(N2CCN(CCOC)CC2)ccc1Nc1ncc(C(F)(F)F)c(-c2cc3c(s2)C(=S)N(C)CCS3)n1.COC. The van der Waals surface area contributed by atoms with Crippen LogP contribution in [-0.2, 0) is 22.1 Å². The van der Waals surface area contributed by atoms with Crippen molar-refractivity contribution < 1.29 is 22.6 Å². The summed E-state index contributed by atoms with van der Waals surface area (Å²) in [7, 11) is 6.88. The van der Waals surface area contributed by atoms with E-state index in [1.807, 2.05) is 24.1 Å². The largest absolute Gasteiger partial charge is 0.420 e. The molecule has 0 unspecified atom stereocenters. The van der Waals surface area contributed by atoms with E-state index in [9.17, 15) is 13.2 Å². The third-order valence-electron chi connectivity index (χ3n) is 7.32. The normalized spacial score (nSPS) is 15.9. The van der Waals surface area contributed by atoms with E-state index in [0.717, 1.165) is 91.0 Å². The van der Waals surface area contributed by atoms with Crippen LogP contribution in [0.5, 0.6) is 0 Å². The lowest BCUT2D eigenvalue weighted by atomic mass is 10.1. The number of hydrogen-bond acceptors (Lipinski definition) is 10. The minimum absolute atomic E-state index is 0.123. The van der Waals surface area contributed by atoms with Crippen molar-refractivity contribution in [3.63, 3.8) is 0 Å². The van der Waals surface area contributed by atoms with Crippen molar-refractivity contribution in [1.29, 1.82) is 0 Å². The fourth-order valence-corrected chi connectivity index (χ4v) is 7.75. The molecule has 1 fully saturated rings. The molecule has 2 aliphatic rings. The molecule has 0 spiro atoms. The van der Waals surface area contributed by atoms with E-state index in [4.69, 9.17) is 17.0 Å². The maximum absolute atomic E-state index is 14.1. The number of aromatic nitrogens is 2. The van der Waals surface area contributed by atoms with Gasteiger partial charge in [0.15, 0.2) is 0 Å². The fourth-order valence-electron chi connectivity index (χ4n) is 4.91. The number of aryl methyl sites for hydroxylation is 1. The van der Waals surface area contributed by atoms with Gasteiger partial charge in [0, 0.05) is 95.9 Å². The molecule has 0 aliphatic carbocycles. The molecule has 0 saturated carbocycles. The second kappa shape index (κ2) is 15.7. The number of benzene rings is 1. The smallest absolute Gasteiger partial charge is 0.388 e. The maximum atomic E-state index is 14.1. The Labute approximate surface area is 270 Å². The Balaban J connectivity index is 0.00000141. The number of fused-ring (bicyclic) bond motifs is 1. The number of piperazine rings is 1. The lowest BCUT2D eigenvalue weighted by molar-refractivity contribution is -0.137. The van der Waals surface area contributed by atoms with Crippen LogP contribution in [0.25, 0.3) is 10.6 Å². The van der Waals surface area contributed by atoms with Crippen molar-refractivity contribution in [3.05, 3.63) is 46.5 Å². The molecule has 8 nitrogen and oxygen atoms in total. The van der Waals surface area contributed by atoms with E-state index in [-0.39, 0.29) is 11.6 Å². The molecule has 14 heteroatoms. The molecule has 1 aromatic carbocycles. The number of rotatable bonds is 8. The third-order valence-corrected chi connectivity index (χ3v) is 10.3. The van der Waals surface area contributed by atoms with E-state index in [1.165, 1.54) is 11.3 Å². The third kappa shape index (κ3) is 8.40. The van der Waals surface area contributed by atoms with Gasteiger partial charge in [0.1, 0.15) is 10.6 Å². The molecule has 3 aromatic rings. The molecule has 0 amide bonds. The van der Waals surface area contributed by atoms with Gasteiger partial charge in [0.25, 0.3) is 0 Å². The molecular weight excluding hydrogens is 630 g/mol. The number of thioether (sulfide) groups is 1. The van der Waals surface area contributed by atoms with Crippen molar-refractivity contribution in [2.45, 2.75) is 24.4 Å². The lowest BCUT2D eigenvalue weighted by Crippen LogP contribution is -2.47. The number of anilines is 3. The van der Waals surface area contributed by atoms with Crippen molar-refractivity contribution in [3.8, 4) is 10.6 Å². The number of alkyl halides is 3.